The molecule has 0 aliphatic heterocycles. The van der Waals surface area contributed by atoms with Gasteiger partial charge in [0.05, 0.1) is 14.2 Å². The van der Waals surface area contributed by atoms with E-state index in [0.717, 1.165) is 23.6 Å². The Kier molecular flexibility index (Phi) is 5.23. The lowest BCUT2D eigenvalue weighted by Gasteiger charge is -2.16. The molecule has 1 N–H and O–H groups in total. The van der Waals surface area contributed by atoms with Crippen LogP contribution in [0.4, 0.5) is 0 Å². The summed E-state index contributed by atoms with van der Waals surface area (Å²) in [4.78, 5) is 0. The van der Waals surface area contributed by atoms with E-state index in [-0.39, 0.29) is 6.04 Å². The molecule has 112 valence electrons. The Hall–Kier alpha value is -2.00. The van der Waals surface area contributed by atoms with Crippen LogP contribution in [0.5, 0.6) is 11.5 Å². The van der Waals surface area contributed by atoms with Gasteiger partial charge in [0.2, 0.25) is 0 Å². The van der Waals surface area contributed by atoms with Gasteiger partial charge in [0.25, 0.3) is 0 Å². The molecule has 0 fully saturated rings. The molecule has 0 amide bonds. The monoisotopic (exact) mass is 285 g/mol. The number of ether oxygens (including phenoxy) is 2. The van der Waals surface area contributed by atoms with Crippen LogP contribution in [-0.2, 0) is 6.54 Å². The zero-order valence-corrected chi connectivity index (χ0v) is 13.1. The van der Waals surface area contributed by atoms with E-state index in [0.29, 0.717) is 0 Å². The Labute approximate surface area is 126 Å². The Morgan fingerprint density at radius 3 is 2.33 bits per heavy atom. The maximum atomic E-state index is 5.42. The quantitative estimate of drug-likeness (QED) is 0.874. The second-order valence-electron chi connectivity index (χ2n) is 5.19. The molecule has 3 heteroatoms. The summed E-state index contributed by atoms with van der Waals surface area (Å²) in [5.74, 6) is 1.65. The fourth-order valence-electron chi connectivity index (χ4n) is 2.23. The number of nitrogens with one attached hydrogen (secondary N) is 1. The third-order valence-electron chi connectivity index (χ3n) is 3.67. The molecule has 0 aliphatic carbocycles. The molecule has 0 spiro atoms. The molecule has 0 aliphatic rings. The minimum Gasteiger partial charge on any atom is -0.497 e. The number of hydrogen-bond donors (Lipinski definition) is 1. The van der Waals surface area contributed by atoms with Crippen molar-refractivity contribution in [3.63, 3.8) is 0 Å². The highest BCUT2D eigenvalue weighted by atomic mass is 16.5. The van der Waals surface area contributed by atoms with Crippen molar-refractivity contribution >= 4 is 0 Å². The van der Waals surface area contributed by atoms with Crippen LogP contribution in [0.2, 0.25) is 0 Å². The predicted molar refractivity (Wildman–Crippen MR) is 86.0 cm³/mol. The topological polar surface area (TPSA) is 30.5 Å². The fourth-order valence-corrected chi connectivity index (χ4v) is 2.23. The average Bonchev–Trinajstić information content (AvgIpc) is 2.53. The van der Waals surface area contributed by atoms with E-state index in [4.69, 9.17) is 9.47 Å². The molecule has 1 atom stereocenters. The van der Waals surface area contributed by atoms with Gasteiger partial charge in [-0.15, -0.1) is 0 Å². The second kappa shape index (κ2) is 7.14. The van der Waals surface area contributed by atoms with Crippen molar-refractivity contribution in [2.75, 3.05) is 14.2 Å². The first-order valence-corrected chi connectivity index (χ1v) is 7.15. The number of rotatable bonds is 6. The summed E-state index contributed by atoms with van der Waals surface area (Å²) < 4.78 is 10.6. The smallest absolute Gasteiger partial charge is 0.127 e. The summed E-state index contributed by atoms with van der Waals surface area (Å²) in [6.07, 6.45) is 0. The highest BCUT2D eigenvalue weighted by Crippen LogP contribution is 2.25. The largest absolute Gasteiger partial charge is 0.497 e. The molecule has 0 aromatic heterocycles. The molecule has 2 aromatic carbocycles. The van der Waals surface area contributed by atoms with Gasteiger partial charge in [-0.3, -0.25) is 0 Å². The molecule has 0 unspecified atom stereocenters. The SMILES string of the molecule is COc1ccc(CN[C@@H](C)c2ccc(C)cc2)c(OC)c1. The fraction of sp³-hybridized carbons (Fsp3) is 0.333. The van der Waals surface area contributed by atoms with Crippen molar-refractivity contribution < 1.29 is 9.47 Å². The first-order chi connectivity index (χ1) is 10.1. The maximum Gasteiger partial charge on any atom is 0.127 e. The molecular formula is C18H23NO2. The van der Waals surface area contributed by atoms with E-state index in [1.165, 1.54) is 11.1 Å². The average molecular weight is 285 g/mol. The van der Waals surface area contributed by atoms with Crippen LogP contribution in [-0.4, -0.2) is 14.2 Å². The lowest BCUT2D eigenvalue weighted by atomic mass is 10.1. The summed E-state index contributed by atoms with van der Waals surface area (Å²) >= 11 is 0. The Bertz CT molecular complexity index is 578. The van der Waals surface area contributed by atoms with Crippen LogP contribution < -0.4 is 14.8 Å². The third-order valence-corrected chi connectivity index (χ3v) is 3.67. The standard InChI is InChI=1S/C18H23NO2/c1-13-5-7-15(8-6-13)14(2)19-12-16-9-10-17(20-3)11-18(16)21-4/h5-11,14,19H,12H2,1-4H3/t14-/m0/s1. The summed E-state index contributed by atoms with van der Waals surface area (Å²) in [7, 11) is 3.34. The van der Waals surface area contributed by atoms with Gasteiger partial charge in [0, 0.05) is 24.2 Å². The van der Waals surface area contributed by atoms with Crippen LogP contribution in [0.15, 0.2) is 42.5 Å². The molecule has 0 bridgehead atoms. The number of methoxy groups -OCH3 is 2. The summed E-state index contributed by atoms with van der Waals surface area (Å²) in [6, 6.07) is 14.8. The van der Waals surface area contributed by atoms with E-state index in [1.807, 2.05) is 18.2 Å². The van der Waals surface area contributed by atoms with Crippen LogP contribution in [0, 0.1) is 6.92 Å². The highest BCUT2D eigenvalue weighted by Gasteiger charge is 2.08. The molecule has 3 nitrogen and oxygen atoms in total. The third kappa shape index (κ3) is 3.99. The van der Waals surface area contributed by atoms with Gasteiger partial charge < -0.3 is 14.8 Å². The van der Waals surface area contributed by atoms with Gasteiger partial charge in [0.15, 0.2) is 0 Å². The summed E-state index contributed by atoms with van der Waals surface area (Å²) in [5, 5.41) is 3.53. The molecule has 0 saturated carbocycles. The Morgan fingerprint density at radius 1 is 1.00 bits per heavy atom. The van der Waals surface area contributed by atoms with Crippen LogP contribution in [0.3, 0.4) is 0 Å². The molecule has 0 radical (unpaired) electrons. The number of hydrogen-bond acceptors (Lipinski definition) is 3. The molecule has 2 aromatic rings. The normalized spacial score (nSPS) is 12.0. The Morgan fingerprint density at radius 2 is 1.71 bits per heavy atom. The van der Waals surface area contributed by atoms with Gasteiger partial charge in [-0.1, -0.05) is 35.9 Å². The van der Waals surface area contributed by atoms with Gasteiger partial charge in [0.1, 0.15) is 11.5 Å². The molecule has 21 heavy (non-hydrogen) atoms. The van der Waals surface area contributed by atoms with Crippen LogP contribution in [0.25, 0.3) is 0 Å². The number of aryl methyl sites for hydroxylation is 1. The second-order valence-corrected chi connectivity index (χ2v) is 5.19. The molecule has 2 rings (SSSR count). The van der Waals surface area contributed by atoms with E-state index >= 15 is 0 Å². The van der Waals surface area contributed by atoms with E-state index in [2.05, 4.69) is 43.4 Å². The van der Waals surface area contributed by atoms with Crippen molar-refractivity contribution in [1.82, 2.24) is 5.32 Å². The first-order valence-electron chi connectivity index (χ1n) is 7.15. The maximum absolute atomic E-state index is 5.42. The first kappa shape index (κ1) is 15.4. The van der Waals surface area contributed by atoms with E-state index in [1.54, 1.807) is 14.2 Å². The van der Waals surface area contributed by atoms with Crippen molar-refractivity contribution in [2.24, 2.45) is 0 Å². The minimum atomic E-state index is 0.289. The zero-order valence-electron chi connectivity index (χ0n) is 13.1. The highest BCUT2D eigenvalue weighted by molar-refractivity contribution is 5.40. The lowest BCUT2D eigenvalue weighted by Crippen LogP contribution is -2.18. The van der Waals surface area contributed by atoms with E-state index in [9.17, 15) is 0 Å². The zero-order chi connectivity index (χ0) is 15.2. The molecule has 0 heterocycles. The van der Waals surface area contributed by atoms with E-state index < -0.39 is 0 Å². The van der Waals surface area contributed by atoms with Crippen molar-refractivity contribution in [1.29, 1.82) is 0 Å². The Balaban J connectivity index is 2.03. The number of benzene rings is 2. The molecular weight excluding hydrogens is 262 g/mol. The van der Waals surface area contributed by atoms with Crippen molar-refractivity contribution in [2.45, 2.75) is 26.4 Å². The van der Waals surface area contributed by atoms with Crippen LogP contribution >= 0.6 is 0 Å². The minimum absolute atomic E-state index is 0.289. The van der Waals surface area contributed by atoms with Gasteiger partial charge in [-0.05, 0) is 25.5 Å². The summed E-state index contributed by atoms with van der Waals surface area (Å²) in [5.41, 5.74) is 3.69. The predicted octanol–water partition coefficient (Wildman–Crippen LogP) is 3.86. The van der Waals surface area contributed by atoms with Crippen molar-refractivity contribution in [3.8, 4) is 11.5 Å². The molecule has 0 saturated heterocycles. The van der Waals surface area contributed by atoms with Crippen LogP contribution in [0.1, 0.15) is 29.7 Å². The lowest BCUT2D eigenvalue weighted by molar-refractivity contribution is 0.389. The summed E-state index contributed by atoms with van der Waals surface area (Å²) in [6.45, 7) is 5.02. The van der Waals surface area contributed by atoms with Gasteiger partial charge in [-0.2, -0.15) is 0 Å². The van der Waals surface area contributed by atoms with Crippen molar-refractivity contribution in [3.05, 3.63) is 59.2 Å². The van der Waals surface area contributed by atoms with Gasteiger partial charge >= 0.3 is 0 Å². The van der Waals surface area contributed by atoms with Gasteiger partial charge in [-0.25, -0.2) is 0 Å².